The summed E-state index contributed by atoms with van der Waals surface area (Å²) < 4.78 is 49.3. The van der Waals surface area contributed by atoms with E-state index >= 15 is 0 Å². The van der Waals surface area contributed by atoms with Crippen molar-refractivity contribution >= 4 is 23.4 Å². The summed E-state index contributed by atoms with van der Waals surface area (Å²) in [5.74, 6) is 1.92. The normalized spacial score (nSPS) is 23.7. The second-order valence-corrected chi connectivity index (χ2v) is 8.33. The molecule has 1 spiro atoms. The van der Waals surface area contributed by atoms with E-state index in [2.05, 4.69) is 11.9 Å². The van der Waals surface area contributed by atoms with Crippen molar-refractivity contribution in [3.05, 3.63) is 47.0 Å². The second-order valence-electron chi connectivity index (χ2n) is 7.21. The number of methoxy groups -OCH3 is 1. The molecule has 1 aliphatic carbocycles. The van der Waals surface area contributed by atoms with Crippen LogP contribution in [0.15, 0.2) is 52.1 Å². The fraction of sp³-hybridized carbons (Fsp3) is 0.450. The Morgan fingerprint density at radius 1 is 1.32 bits per heavy atom. The van der Waals surface area contributed by atoms with E-state index in [1.54, 1.807) is 25.1 Å². The predicted octanol–water partition coefficient (Wildman–Crippen LogP) is 5.52. The van der Waals surface area contributed by atoms with Gasteiger partial charge in [-0.3, -0.25) is 9.47 Å². The summed E-state index contributed by atoms with van der Waals surface area (Å²) in [6, 6.07) is 0. The van der Waals surface area contributed by atoms with Crippen molar-refractivity contribution in [1.29, 1.82) is 0 Å². The Bertz CT molecular complexity index is 954. The Balaban J connectivity index is 2.00. The number of rotatable bonds is 4. The van der Waals surface area contributed by atoms with Gasteiger partial charge in [0.05, 0.1) is 19.0 Å². The van der Waals surface area contributed by atoms with Gasteiger partial charge in [0, 0.05) is 12.0 Å². The standard InChI is InChI=1S/C20H22F3N3OS/c1-5-9-28-15-11-24-18-25(15)17-13(3)16(27-4)12(2)10-19(17)8-6-7-14(26(18)19)20(21,22)23/h6-8,11H,5,9-10H2,1-4H3. The molecule has 1 atom stereocenters. The quantitative estimate of drug-likeness (QED) is 0.613. The van der Waals surface area contributed by atoms with Crippen LogP contribution in [0.5, 0.6) is 0 Å². The molecule has 8 heteroatoms. The van der Waals surface area contributed by atoms with Gasteiger partial charge in [0.2, 0.25) is 5.95 Å². The third-order valence-electron chi connectivity index (χ3n) is 5.38. The number of nitrogens with zero attached hydrogens (tertiary/aromatic N) is 3. The fourth-order valence-electron chi connectivity index (χ4n) is 4.51. The Kier molecular flexibility index (Phi) is 4.45. The van der Waals surface area contributed by atoms with E-state index in [9.17, 15) is 13.2 Å². The van der Waals surface area contributed by atoms with Crippen molar-refractivity contribution < 1.29 is 17.9 Å². The van der Waals surface area contributed by atoms with Gasteiger partial charge >= 0.3 is 6.18 Å². The monoisotopic (exact) mass is 409 g/mol. The van der Waals surface area contributed by atoms with Crippen LogP contribution in [0, 0.1) is 0 Å². The Morgan fingerprint density at radius 2 is 2.07 bits per heavy atom. The van der Waals surface area contributed by atoms with Gasteiger partial charge < -0.3 is 4.74 Å². The molecule has 4 rings (SSSR count). The summed E-state index contributed by atoms with van der Waals surface area (Å²) in [4.78, 5) is 5.79. The lowest BCUT2D eigenvalue weighted by Gasteiger charge is -2.43. The molecule has 1 aromatic rings. The average Bonchev–Trinajstić information content (AvgIpc) is 3.14. The number of anilines is 1. The molecule has 150 valence electrons. The maximum atomic E-state index is 13.9. The molecule has 0 saturated heterocycles. The number of allylic oxidation sites excluding steroid dienone is 4. The highest BCUT2D eigenvalue weighted by atomic mass is 32.2. The first-order valence-electron chi connectivity index (χ1n) is 9.19. The van der Waals surface area contributed by atoms with Crippen molar-refractivity contribution in [3.8, 4) is 0 Å². The lowest BCUT2D eigenvalue weighted by Crippen LogP contribution is -2.50. The minimum atomic E-state index is -4.48. The van der Waals surface area contributed by atoms with Crippen molar-refractivity contribution in [2.45, 2.75) is 50.4 Å². The number of hydrogen-bond acceptors (Lipinski definition) is 4. The van der Waals surface area contributed by atoms with Crippen molar-refractivity contribution in [3.63, 3.8) is 0 Å². The van der Waals surface area contributed by atoms with Gasteiger partial charge in [0.25, 0.3) is 0 Å². The highest BCUT2D eigenvalue weighted by Gasteiger charge is 2.58. The van der Waals surface area contributed by atoms with Crippen molar-refractivity contribution in [2.75, 3.05) is 17.8 Å². The highest BCUT2D eigenvalue weighted by molar-refractivity contribution is 7.99. The van der Waals surface area contributed by atoms with Crippen LogP contribution in [0.3, 0.4) is 0 Å². The van der Waals surface area contributed by atoms with Crippen LogP contribution in [-0.2, 0) is 4.74 Å². The molecule has 0 amide bonds. The number of alkyl halides is 3. The molecule has 0 N–H and O–H groups in total. The largest absolute Gasteiger partial charge is 0.496 e. The van der Waals surface area contributed by atoms with Crippen LogP contribution in [0.25, 0.3) is 5.70 Å². The van der Waals surface area contributed by atoms with Gasteiger partial charge in [-0.05, 0) is 37.7 Å². The van der Waals surface area contributed by atoms with E-state index in [1.165, 1.54) is 11.0 Å². The number of thioether (sulfide) groups is 1. The summed E-state index contributed by atoms with van der Waals surface area (Å²) in [5.41, 5.74) is 0.938. The molecule has 0 bridgehead atoms. The lowest BCUT2D eigenvalue weighted by molar-refractivity contribution is -0.0945. The highest BCUT2D eigenvalue weighted by Crippen LogP contribution is 2.57. The zero-order chi connectivity index (χ0) is 20.3. The molecule has 3 heterocycles. The summed E-state index contributed by atoms with van der Waals surface area (Å²) in [6.07, 6.45) is 3.08. The molecule has 1 unspecified atom stereocenters. The number of fused-ring (bicyclic) bond motifs is 3. The predicted molar refractivity (Wildman–Crippen MR) is 105 cm³/mol. The van der Waals surface area contributed by atoms with E-state index in [0.29, 0.717) is 12.4 Å². The first kappa shape index (κ1) is 19.2. The van der Waals surface area contributed by atoms with E-state index in [0.717, 1.165) is 45.9 Å². The Hall–Kier alpha value is -2.09. The van der Waals surface area contributed by atoms with Crippen LogP contribution in [0.4, 0.5) is 19.1 Å². The molecule has 0 aromatic carbocycles. The Labute approximate surface area is 166 Å². The third-order valence-corrected chi connectivity index (χ3v) is 6.57. The smallest absolute Gasteiger partial charge is 0.431 e. The molecule has 0 radical (unpaired) electrons. The minimum Gasteiger partial charge on any atom is -0.496 e. The molecule has 2 aliphatic heterocycles. The van der Waals surface area contributed by atoms with Crippen molar-refractivity contribution in [1.82, 2.24) is 9.55 Å². The first-order valence-corrected chi connectivity index (χ1v) is 10.2. The summed E-state index contributed by atoms with van der Waals surface area (Å²) >= 11 is 1.61. The van der Waals surface area contributed by atoms with E-state index in [1.807, 2.05) is 24.5 Å². The molecule has 0 saturated carbocycles. The maximum Gasteiger partial charge on any atom is 0.431 e. The average molecular weight is 409 g/mol. The third kappa shape index (κ3) is 2.50. The number of ether oxygens (including phenoxy) is 1. The number of hydrogen-bond donors (Lipinski definition) is 0. The van der Waals surface area contributed by atoms with Gasteiger partial charge in [-0.25, -0.2) is 4.98 Å². The van der Waals surface area contributed by atoms with Crippen LogP contribution < -0.4 is 4.90 Å². The molecular formula is C20H22F3N3OS. The van der Waals surface area contributed by atoms with Crippen LogP contribution in [0.1, 0.15) is 33.6 Å². The fourth-order valence-corrected chi connectivity index (χ4v) is 5.35. The molecule has 3 aliphatic rings. The maximum absolute atomic E-state index is 13.9. The first-order chi connectivity index (χ1) is 13.3. The van der Waals surface area contributed by atoms with Crippen molar-refractivity contribution in [2.24, 2.45) is 0 Å². The Morgan fingerprint density at radius 3 is 2.71 bits per heavy atom. The summed E-state index contributed by atoms with van der Waals surface area (Å²) in [6.45, 7) is 5.91. The van der Waals surface area contributed by atoms with Gasteiger partial charge in [-0.15, -0.1) is 11.8 Å². The van der Waals surface area contributed by atoms with Crippen LogP contribution in [-0.4, -0.2) is 34.1 Å². The van der Waals surface area contributed by atoms with Crippen LogP contribution in [0.2, 0.25) is 0 Å². The number of aromatic nitrogens is 2. The molecule has 0 fully saturated rings. The number of imidazole rings is 1. The van der Waals surface area contributed by atoms with Crippen LogP contribution >= 0.6 is 11.8 Å². The van der Waals surface area contributed by atoms with Gasteiger partial charge in [0.15, 0.2) is 0 Å². The summed E-state index contributed by atoms with van der Waals surface area (Å²) in [7, 11) is 1.60. The van der Waals surface area contributed by atoms with E-state index in [4.69, 9.17) is 4.74 Å². The SMILES string of the molecule is CCCSc1cnc2n1C1=C(C)C(OC)=C(C)CC13C=CC=C(C(F)(F)F)N23. The molecule has 4 nitrogen and oxygen atoms in total. The van der Waals surface area contributed by atoms with E-state index < -0.39 is 17.4 Å². The molecule has 28 heavy (non-hydrogen) atoms. The van der Waals surface area contributed by atoms with Gasteiger partial charge in [0.1, 0.15) is 22.0 Å². The minimum absolute atomic E-state index is 0.311. The summed E-state index contributed by atoms with van der Waals surface area (Å²) in [5, 5.41) is 0.852. The van der Waals surface area contributed by atoms with Gasteiger partial charge in [-0.1, -0.05) is 19.1 Å². The zero-order valence-corrected chi connectivity index (χ0v) is 17.0. The van der Waals surface area contributed by atoms with E-state index in [-0.39, 0.29) is 0 Å². The molecular weight excluding hydrogens is 387 g/mol. The number of halogens is 3. The second kappa shape index (κ2) is 6.47. The zero-order valence-electron chi connectivity index (χ0n) is 16.2. The topological polar surface area (TPSA) is 30.3 Å². The molecule has 1 aromatic heterocycles. The lowest BCUT2D eigenvalue weighted by atomic mass is 9.78. The van der Waals surface area contributed by atoms with Gasteiger partial charge in [-0.2, -0.15) is 13.2 Å².